The lowest BCUT2D eigenvalue weighted by molar-refractivity contribution is -0.385. The zero-order valence-corrected chi connectivity index (χ0v) is 13.2. The molecule has 120 valence electrons. The molecule has 0 heterocycles. The summed E-state index contributed by atoms with van der Waals surface area (Å²) in [7, 11) is 0. The van der Waals surface area contributed by atoms with Gasteiger partial charge in [-0.25, -0.2) is 0 Å². The van der Waals surface area contributed by atoms with Crippen LogP contribution in [0.1, 0.15) is 16.7 Å². The van der Waals surface area contributed by atoms with Crippen LogP contribution in [-0.4, -0.2) is 16.8 Å². The first-order chi connectivity index (χ1) is 12.3. The molecule has 0 radical (unpaired) electrons. The maximum atomic E-state index is 11.1. The first-order valence-electron chi connectivity index (χ1n) is 7.79. The maximum Gasteiger partial charge on any atom is 0.278 e. The van der Waals surface area contributed by atoms with E-state index < -0.39 is 4.92 Å². The Bertz CT molecular complexity index is 991. The molecule has 0 spiro atoms. The highest BCUT2D eigenvalue weighted by Gasteiger charge is 2.23. The summed E-state index contributed by atoms with van der Waals surface area (Å²) >= 11 is 0. The van der Waals surface area contributed by atoms with Crippen molar-refractivity contribution in [1.82, 2.24) is 0 Å². The van der Waals surface area contributed by atoms with Crippen LogP contribution in [0, 0.1) is 10.1 Å². The number of benzene rings is 3. The molecule has 3 aromatic rings. The molecule has 0 aliphatic heterocycles. The van der Waals surface area contributed by atoms with Gasteiger partial charge in [0.05, 0.1) is 16.7 Å². The van der Waals surface area contributed by atoms with E-state index in [1.165, 1.54) is 12.3 Å². The molecule has 0 unspecified atom stereocenters. The quantitative estimate of drug-likeness (QED) is 0.317. The van der Waals surface area contributed by atoms with Gasteiger partial charge in [0, 0.05) is 17.2 Å². The highest BCUT2D eigenvalue weighted by molar-refractivity contribution is 6.24. The Labute approximate surface area is 144 Å². The van der Waals surface area contributed by atoms with Crippen molar-refractivity contribution in [1.29, 1.82) is 0 Å². The van der Waals surface area contributed by atoms with E-state index >= 15 is 0 Å². The summed E-state index contributed by atoms with van der Waals surface area (Å²) in [6, 6.07) is 22.5. The molecule has 3 aromatic carbocycles. The fourth-order valence-electron chi connectivity index (χ4n) is 3.01. The molecule has 25 heavy (non-hydrogen) atoms. The molecular weight excluding hydrogens is 314 g/mol. The summed E-state index contributed by atoms with van der Waals surface area (Å²) in [4.78, 5) is 10.7. The second-order valence-corrected chi connectivity index (χ2v) is 5.60. The molecular formula is C20H13N3O2. The monoisotopic (exact) mass is 327 g/mol. The van der Waals surface area contributed by atoms with Crippen molar-refractivity contribution in [3.63, 3.8) is 0 Å². The molecule has 0 bridgehead atoms. The number of nitro groups is 1. The summed E-state index contributed by atoms with van der Waals surface area (Å²) in [5.41, 5.74) is 5.50. The fourth-order valence-corrected chi connectivity index (χ4v) is 3.01. The van der Waals surface area contributed by atoms with E-state index in [1.54, 1.807) is 18.2 Å². The van der Waals surface area contributed by atoms with Gasteiger partial charge in [-0.2, -0.15) is 5.10 Å². The zero-order valence-electron chi connectivity index (χ0n) is 13.2. The lowest BCUT2D eigenvalue weighted by Gasteiger charge is -1.98. The standard InChI is InChI=1S/C20H13N3O2/c24-23(25)19-12-6-1-7-14(19)13-21-22-20-17-10-4-2-8-15(17)16-9-3-5-11-18(16)20/h1-13H. The van der Waals surface area contributed by atoms with E-state index in [4.69, 9.17) is 0 Å². The maximum absolute atomic E-state index is 11.1. The minimum atomic E-state index is -0.422. The van der Waals surface area contributed by atoms with Gasteiger partial charge < -0.3 is 0 Å². The molecule has 5 heteroatoms. The summed E-state index contributed by atoms with van der Waals surface area (Å²) in [5.74, 6) is 0. The second-order valence-electron chi connectivity index (χ2n) is 5.60. The van der Waals surface area contributed by atoms with Gasteiger partial charge in [0.15, 0.2) is 0 Å². The van der Waals surface area contributed by atoms with E-state index in [0.29, 0.717) is 5.56 Å². The average Bonchev–Trinajstić information content (AvgIpc) is 2.96. The van der Waals surface area contributed by atoms with Crippen molar-refractivity contribution in [2.45, 2.75) is 0 Å². The van der Waals surface area contributed by atoms with Crippen LogP contribution in [0.4, 0.5) is 5.69 Å². The number of rotatable bonds is 3. The highest BCUT2D eigenvalue weighted by atomic mass is 16.6. The SMILES string of the molecule is O=[N+]([O-])c1ccccc1C=NN=C1c2ccccc2-c2ccccc21. The predicted molar refractivity (Wildman–Crippen MR) is 98.2 cm³/mol. The summed E-state index contributed by atoms with van der Waals surface area (Å²) in [5, 5.41) is 19.6. The normalized spacial score (nSPS) is 12.1. The lowest BCUT2D eigenvalue weighted by Crippen LogP contribution is -1.97. The van der Waals surface area contributed by atoms with Crippen LogP contribution in [0.15, 0.2) is 83.0 Å². The minimum Gasteiger partial charge on any atom is -0.258 e. The van der Waals surface area contributed by atoms with Crippen molar-refractivity contribution in [2.75, 3.05) is 0 Å². The van der Waals surface area contributed by atoms with Crippen LogP contribution in [0.3, 0.4) is 0 Å². The van der Waals surface area contributed by atoms with Crippen LogP contribution in [0.25, 0.3) is 11.1 Å². The van der Waals surface area contributed by atoms with E-state index in [-0.39, 0.29) is 5.69 Å². The smallest absolute Gasteiger partial charge is 0.258 e. The van der Waals surface area contributed by atoms with Crippen molar-refractivity contribution >= 4 is 17.6 Å². The third-order valence-corrected chi connectivity index (χ3v) is 4.14. The number of hydrogen-bond donors (Lipinski definition) is 0. The predicted octanol–water partition coefficient (Wildman–Crippen LogP) is 4.45. The Kier molecular flexibility index (Phi) is 3.67. The zero-order chi connectivity index (χ0) is 17.2. The molecule has 1 aliphatic carbocycles. The third kappa shape index (κ3) is 2.61. The molecule has 0 fully saturated rings. The minimum absolute atomic E-state index is 0.0127. The number of fused-ring (bicyclic) bond motifs is 3. The first kappa shape index (κ1) is 15.0. The molecule has 1 aliphatic rings. The first-order valence-corrected chi connectivity index (χ1v) is 7.79. The Morgan fingerprint density at radius 2 is 1.28 bits per heavy atom. The van der Waals surface area contributed by atoms with E-state index in [1.807, 2.05) is 36.4 Å². The number of nitro benzene ring substituents is 1. The second kappa shape index (κ2) is 6.13. The number of nitrogens with zero attached hydrogens (tertiary/aromatic N) is 3. The molecule has 0 N–H and O–H groups in total. The van der Waals surface area contributed by atoms with Crippen LogP contribution in [0.2, 0.25) is 0 Å². The molecule has 0 amide bonds. The van der Waals surface area contributed by atoms with Gasteiger partial charge in [0.1, 0.15) is 5.71 Å². The van der Waals surface area contributed by atoms with Gasteiger partial charge in [0.25, 0.3) is 5.69 Å². The Morgan fingerprint density at radius 3 is 1.88 bits per heavy atom. The Balaban J connectivity index is 1.77. The summed E-state index contributed by atoms with van der Waals surface area (Å²) in [6.45, 7) is 0. The van der Waals surface area contributed by atoms with E-state index in [0.717, 1.165) is 28.0 Å². The van der Waals surface area contributed by atoms with Crippen LogP contribution < -0.4 is 0 Å². The van der Waals surface area contributed by atoms with Crippen molar-refractivity contribution in [3.05, 3.63) is 99.6 Å². The molecule has 0 aromatic heterocycles. The molecule has 0 atom stereocenters. The molecule has 5 nitrogen and oxygen atoms in total. The van der Waals surface area contributed by atoms with Gasteiger partial charge in [-0.3, -0.25) is 10.1 Å². The van der Waals surface area contributed by atoms with Gasteiger partial charge >= 0.3 is 0 Å². The van der Waals surface area contributed by atoms with Crippen LogP contribution in [0.5, 0.6) is 0 Å². The van der Waals surface area contributed by atoms with Gasteiger partial charge in [-0.1, -0.05) is 60.7 Å². The lowest BCUT2D eigenvalue weighted by atomic mass is 10.1. The largest absolute Gasteiger partial charge is 0.278 e. The Hall–Kier alpha value is -3.60. The topological polar surface area (TPSA) is 67.9 Å². The van der Waals surface area contributed by atoms with Crippen molar-refractivity contribution in [2.24, 2.45) is 10.2 Å². The average molecular weight is 327 g/mol. The van der Waals surface area contributed by atoms with Gasteiger partial charge in [-0.15, -0.1) is 5.10 Å². The van der Waals surface area contributed by atoms with Gasteiger partial charge in [0.2, 0.25) is 0 Å². The summed E-state index contributed by atoms with van der Waals surface area (Å²) in [6.07, 6.45) is 1.43. The van der Waals surface area contributed by atoms with Gasteiger partial charge in [-0.05, 0) is 17.2 Å². The molecule has 0 saturated carbocycles. The Morgan fingerprint density at radius 1 is 0.760 bits per heavy atom. The number of hydrogen-bond acceptors (Lipinski definition) is 4. The van der Waals surface area contributed by atoms with E-state index in [2.05, 4.69) is 22.3 Å². The summed E-state index contributed by atoms with van der Waals surface area (Å²) < 4.78 is 0. The van der Waals surface area contributed by atoms with Crippen LogP contribution >= 0.6 is 0 Å². The fraction of sp³-hybridized carbons (Fsp3) is 0. The number of para-hydroxylation sites is 1. The van der Waals surface area contributed by atoms with Crippen molar-refractivity contribution < 1.29 is 4.92 Å². The van der Waals surface area contributed by atoms with Crippen molar-refractivity contribution in [3.8, 4) is 11.1 Å². The molecule has 4 rings (SSSR count). The highest BCUT2D eigenvalue weighted by Crippen LogP contribution is 2.36. The van der Waals surface area contributed by atoms with E-state index in [9.17, 15) is 10.1 Å². The van der Waals surface area contributed by atoms with Crippen LogP contribution in [-0.2, 0) is 0 Å². The molecule has 0 saturated heterocycles. The third-order valence-electron chi connectivity index (χ3n) is 4.14.